The molecule has 0 atom stereocenters. The second kappa shape index (κ2) is 4.52. The standard InChI is InChI=1S/C15H14N2O3/c1-9-10(2)20-13(16-9)8-17-7-6-11-4-3-5-12(14(11)17)15(18)19/h3-7H,8H2,1-2H3,(H,18,19). The Labute approximate surface area is 115 Å². The Hall–Kier alpha value is -2.56. The maximum absolute atomic E-state index is 11.3. The lowest BCUT2D eigenvalue weighted by Crippen LogP contribution is -2.04. The molecule has 2 aromatic heterocycles. The summed E-state index contributed by atoms with van der Waals surface area (Å²) in [6.45, 7) is 4.17. The molecule has 0 spiro atoms. The summed E-state index contributed by atoms with van der Waals surface area (Å²) in [6, 6.07) is 7.14. The highest BCUT2D eigenvalue weighted by atomic mass is 16.4. The summed E-state index contributed by atoms with van der Waals surface area (Å²) < 4.78 is 7.41. The van der Waals surface area contributed by atoms with Crippen LogP contribution >= 0.6 is 0 Å². The molecule has 2 heterocycles. The van der Waals surface area contributed by atoms with Crippen molar-refractivity contribution in [2.75, 3.05) is 0 Å². The van der Waals surface area contributed by atoms with E-state index >= 15 is 0 Å². The topological polar surface area (TPSA) is 68.3 Å². The monoisotopic (exact) mass is 270 g/mol. The highest BCUT2D eigenvalue weighted by Crippen LogP contribution is 2.22. The number of aryl methyl sites for hydroxylation is 2. The molecule has 0 aliphatic rings. The van der Waals surface area contributed by atoms with Crippen LogP contribution in [-0.2, 0) is 6.54 Å². The summed E-state index contributed by atoms with van der Waals surface area (Å²) in [5.41, 5.74) is 1.83. The van der Waals surface area contributed by atoms with E-state index in [0.717, 1.165) is 16.8 Å². The Balaban J connectivity index is 2.10. The highest BCUT2D eigenvalue weighted by Gasteiger charge is 2.14. The van der Waals surface area contributed by atoms with Gasteiger partial charge in [-0.05, 0) is 26.0 Å². The van der Waals surface area contributed by atoms with Gasteiger partial charge in [-0.1, -0.05) is 12.1 Å². The van der Waals surface area contributed by atoms with Crippen molar-refractivity contribution in [2.24, 2.45) is 0 Å². The van der Waals surface area contributed by atoms with Gasteiger partial charge < -0.3 is 14.1 Å². The summed E-state index contributed by atoms with van der Waals surface area (Å²) >= 11 is 0. The molecule has 102 valence electrons. The second-order valence-electron chi connectivity index (χ2n) is 4.74. The number of nitrogens with zero attached hydrogens (tertiary/aromatic N) is 2. The molecule has 0 aliphatic carbocycles. The smallest absolute Gasteiger partial charge is 0.337 e. The van der Waals surface area contributed by atoms with E-state index in [0.29, 0.717) is 18.0 Å². The van der Waals surface area contributed by atoms with Crippen molar-refractivity contribution < 1.29 is 14.3 Å². The molecular weight excluding hydrogens is 256 g/mol. The molecule has 3 aromatic rings. The zero-order valence-corrected chi connectivity index (χ0v) is 11.3. The van der Waals surface area contributed by atoms with Crippen LogP contribution in [0, 0.1) is 13.8 Å². The summed E-state index contributed by atoms with van der Waals surface area (Å²) in [6.07, 6.45) is 1.85. The van der Waals surface area contributed by atoms with Crippen LogP contribution in [0.25, 0.3) is 10.9 Å². The van der Waals surface area contributed by atoms with Crippen molar-refractivity contribution in [3.8, 4) is 0 Å². The molecule has 0 amide bonds. The minimum Gasteiger partial charge on any atom is -0.478 e. The van der Waals surface area contributed by atoms with Crippen molar-refractivity contribution in [3.05, 3.63) is 53.4 Å². The van der Waals surface area contributed by atoms with Crippen molar-refractivity contribution >= 4 is 16.9 Å². The molecular formula is C15H14N2O3. The second-order valence-corrected chi connectivity index (χ2v) is 4.74. The van der Waals surface area contributed by atoms with Gasteiger partial charge in [0.1, 0.15) is 5.76 Å². The largest absolute Gasteiger partial charge is 0.478 e. The maximum atomic E-state index is 11.3. The minimum atomic E-state index is -0.935. The third kappa shape index (κ3) is 1.97. The first-order chi connectivity index (χ1) is 9.56. The van der Waals surface area contributed by atoms with Crippen LogP contribution < -0.4 is 0 Å². The Kier molecular flexibility index (Phi) is 2.82. The molecule has 1 N–H and O–H groups in total. The number of oxazole rings is 1. The molecule has 0 radical (unpaired) electrons. The molecule has 0 saturated heterocycles. The molecule has 0 saturated carbocycles. The van der Waals surface area contributed by atoms with Gasteiger partial charge in [0, 0.05) is 11.6 Å². The third-order valence-corrected chi connectivity index (χ3v) is 3.40. The number of fused-ring (bicyclic) bond motifs is 1. The first-order valence-corrected chi connectivity index (χ1v) is 6.30. The Morgan fingerprint density at radius 1 is 1.35 bits per heavy atom. The van der Waals surface area contributed by atoms with Gasteiger partial charge in [0.2, 0.25) is 5.89 Å². The fourth-order valence-corrected chi connectivity index (χ4v) is 2.32. The third-order valence-electron chi connectivity index (χ3n) is 3.40. The maximum Gasteiger partial charge on any atom is 0.337 e. The van der Waals surface area contributed by atoms with Gasteiger partial charge in [0.05, 0.1) is 23.3 Å². The predicted molar refractivity (Wildman–Crippen MR) is 74.0 cm³/mol. The lowest BCUT2D eigenvalue weighted by atomic mass is 10.1. The van der Waals surface area contributed by atoms with E-state index < -0.39 is 5.97 Å². The molecule has 0 aliphatic heterocycles. The molecule has 0 bridgehead atoms. The van der Waals surface area contributed by atoms with E-state index in [1.54, 1.807) is 12.1 Å². The number of aromatic carboxylic acids is 1. The van der Waals surface area contributed by atoms with Gasteiger partial charge >= 0.3 is 5.97 Å². The number of para-hydroxylation sites is 1. The van der Waals surface area contributed by atoms with Gasteiger partial charge in [-0.15, -0.1) is 0 Å². The molecule has 5 heteroatoms. The summed E-state index contributed by atoms with van der Waals surface area (Å²) in [5.74, 6) is 0.433. The van der Waals surface area contributed by atoms with Gasteiger partial charge in [-0.25, -0.2) is 9.78 Å². The van der Waals surface area contributed by atoms with Gasteiger partial charge in [-0.2, -0.15) is 0 Å². The normalized spacial score (nSPS) is 11.1. The van der Waals surface area contributed by atoms with Crippen LogP contribution in [0.3, 0.4) is 0 Å². The number of carboxylic acid groups (broad SMARTS) is 1. The van der Waals surface area contributed by atoms with Gasteiger partial charge in [0.25, 0.3) is 0 Å². The molecule has 0 unspecified atom stereocenters. The number of aromatic nitrogens is 2. The SMILES string of the molecule is Cc1nc(Cn2ccc3cccc(C(=O)O)c32)oc1C. The molecule has 3 rings (SSSR count). The molecule has 20 heavy (non-hydrogen) atoms. The van der Waals surface area contributed by atoms with Crippen LogP contribution in [0.15, 0.2) is 34.9 Å². The predicted octanol–water partition coefficient (Wildman–Crippen LogP) is 2.99. The van der Waals surface area contributed by atoms with Crippen LogP contribution in [-0.4, -0.2) is 20.6 Å². The molecule has 0 fully saturated rings. The first kappa shape index (κ1) is 12.5. The molecule has 5 nitrogen and oxygen atoms in total. The van der Waals surface area contributed by atoms with Crippen molar-refractivity contribution in [1.29, 1.82) is 0 Å². The number of hydrogen-bond donors (Lipinski definition) is 1. The number of carboxylic acids is 1. The quantitative estimate of drug-likeness (QED) is 0.794. The average Bonchev–Trinajstić information content (AvgIpc) is 2.94. The van der Waals surface area contributed by atoms with Gasteiger partial charge in [0.15, 0.2) is 0 Å². The summed E-state index contributed by atoms with van der Waals surface area (Å²) in [7, 11) is 0. The van der Waals surface area contributed by atoms with E-state index in [1.807, 2.05) is 36.7 Å². The fraction of sp³-hybridized carbons (Fsp3) is 0.200. The van der Waals surface area contributed by atoms with Crippen molar-refractivity contribution in [2.45, 2.75) is 20.4 Å². The summed E-state index contributed by atoms with van der Waals surface area (Å²) in [5, 5.41) is 10.2. The van der Waals surface area contributed by atoms with Crippen LogP contribution in [0.5, 0.6) is 0 Å². The van der Waals surface area contributed by atoms with Gasteiger partial charge in [-0.3, -0.25) is 0 Å². The zero-order valence-electron chi connectivity index (χ0n) is 11.3. The minimum absolute atomic E-state index is 0.285. The Morgan fingerprint density at radius 2 is 2.15 bits per heavy atom. The summed E-state index contributed by atoms with van der Waals surface area (Å²) in [4.78, 5) is 15.7. The number of rotatable bonds is 3. The van der Waals surface area contributed by atoms with E-state index in [1.165, 1.54) is 0 Å². The van der Waals surface area contributed by atoms with Crippen LogP contribution in [0.2, 0.25) is 0 Å². The average molecular weight is 270 g/mol. The number of benzene rings is 1. The van der Waals surface area contributed by atoms with Crippen molar-refractivity contribution in [1.82, 2.24) is 9.55 Å². The number of carbonyl (C=O) groups is 1. The van der Waals surface area contributed by atoms with Crippen LogP contribution in [0.1, 0.15) is 27.7 Å². The van der Waals surface area contributed by atoms with Crippen LogP contribution in [0.4, 0.5) is 0 Å². The van der Waals surface area contributed by atoms with Crippen molar-refractivity contribution in [3.63, 3.8) is 0 Å². The van der Waals surface area contributed by atoms with E-state index in [4.69, 9.17) is 4.42 Å². The zero-order chi connectivity index (χ0) is 14.3. The Bertz CT molecular complexity index is 779. The van der Waals surface area contributed by atoms with E-state index in [-0.39, 0.29) is 5.56 Å². The van der Waals surface area contributed by atoms with E-state index in [2.05, 4.69) is 4.98 Å². The number of hydrogen-bond acceptors (Lipinski definition) is 3. The highest BCUT2D eigenvalue weighted by molar-refractivity contribution is 6.02. The van der Waals surface area contributed by atoms with E-state index in [9.17, 15) is 9.90 Å². The lowest BCUT2D eigenvalue weighted by molar-refractivity contribution is 0.0698. The molecule has 1 aromatic carbocycles. The fourth-order valence-electron chi connectivity index (χ4n) is 2.32. The lowest BCUT2D eigenvalue weighted by Gasteiger charge is -2.05. The Morgan fingerprint density at radius 3 is 2.80 bits per heavy atom. The first-order valence-electron chi connectivity index (χ1n) is 6.30.